The van der Waals surface area contributed by atoms with Gasteiger partial charge in [0, 0.05) is 0 Å². The predicted molar refractivity (Wildman–Crippen MR) is 41.1 cm³/mol. The van der Waals surface area contributed by atoms with Crippen molar-refractivity contribution in [3.8, 4) is 0 Å². The van der Waals surface area contributed by atoms with E-state index in [2.05, 4.69) is 18.6 Å². The lowest BCUT2D eigenvalue weighted by Gasteiger charge is -2.16. The van der Waals surface area contributed by atoms with E-state index in [4.69, 9.17) is 0 Å². The van der Waals surface area contributed by atoms with Gasteiger partial charge in [0.25, 0.3) is 0 Å². The molecule has 0 bridgehead atoms. The van der Waals surface area contributed by atoms with Crippen LogP contribution in [0.15, 0.2) is 0 Å². The number of carbonyl (C=O) groups excluding carboxylic acids is 2. The molecule has 1 aliphatic carbocycles. The number of carbonyl (C=O) groups is 2. The molecule has 2 rings (SSSR count). The second-order valence-corrected chi connectivity index (χ2v) is 4.53. The summed E-state index contributed by atoms with van der Waals surface area (Å²) in [6.07, 6.45) is 1.59. The van der Waals surface area contributed by atoms with Crippen LogP contribution in [0.2, 0.25) is 0 Å². The highest BCUT2D eigenvalue weighted by Crippen LogP contribution is 2.48. The van der Waals surface area contributed by atoms with Crippen molar-refractivity contribution < 1.29 is 14.3 Å². The molecule has 0 amide bonds. The molecule has 0 unspecified atom stereocenters. The van der Waals surface area contributed by atoms with Crippen LogP contribution in [0.1, 0.15) is 26.7 Å². The first-order chi connectivity index (χ1) is 5.49. The molecule has 12 heavy (non-hydrogen) atoms. The second kappa shape index (κ2) is 2.09. The Morgan fingerprint density at radius 1 is 1.17 bits per heavy atom. The Morgan fingerprint density at radius 3 is 2.00 bits per heavy atom. The van der Waals surface area contributed by atoms with Gasteiger partial charge in [-0.15, -0.1) is 0 Å². The van der Waals surface area contributed by atoms with E-state index in [1.54, 1.807) is 0 Å². The van der Waals surface area contributed by atoms with Crippen molar-refractivity contribution in [2.24, 2.45) is 17.3 Å². The lowest BCUT2D eigenvalue weighted by atomic mass is 9.90. The van der Waals surface area contributed by atoms with Crippen LogP contribution >= 0.6 is 0 Å². The summed E-state index contributed by atoms with van der Waals surface area (Å²) >= 11 is 0. The number of hydrogen-bond acceptors (Lipinski definition) is 3. The first kappa shape index (κ1) is 7.77. The van der Waals surface area contributed by atoms with Crippen LogP contribution in [0.3, 0.4) is 0 Å². The minimum atomic E-state index is -0.310. The average Bonchev–Trinajstić information content (AvgIpc) is 2.34. The van der Waals surface area contributed by atoms with Crippen LogP contribution in [0.25, 0.3) is 0 Å². The molecule has 0 aromatic rings. The fraction of sp³-hybridized carbons (Fsp3) is 0.778. The van der Waals surface area contributed by atoms with Crippen LogP contribution in [0.5, 0.6) is 0 Å². The van der Waals surface area contributed by atoms with Crippen molar-refractivity contribution in [3.63, 3.8) is 0 Å². The van der Waals surface area contributed by atoms with Gasteiger partial charge < -0.3 is 4.74 Å². The smallest absolute Gasteiger partial charge is 0.317 e. The Balaban J connectivity index is 2.26. The Morgan fingerprint density at radius 2 is 1.58 bits per heavy atom. The van der Waals surface area contributed by atoms with E-state index in [9.17, 15) is 9.59 Å². The molecular formula is C9H12O3. The number of cyclic esters (lactones) is 2. The lowest BCUT2D eigenvalue weighted by molar-refractivity contribution is -0.154. The summed E-state index contributed by atoms with van der Waals surface area (Å²) in [6, 6.07) is 0. The third kappa shape index (κ3) is 0.958. The van der Waals surface area contributed by atoms with Gasteiger partial charge >= 0.3 is 11.9 Å². The molecule has 3 heteroatoms. The first-order valence-corrected chi connectivity index (χ1v) is 4.25. The molecule has 1 aliphatic heterocycles. The fourth-order valence-electron chi connectivity index (χ4n) is 2.30. The SMILES string of the molecule is CC1(C)C[C@@H]2C(=O)OC(=O)[C@@H]2C1. The summed E-state index contributed by atoms with van der Waals surface area (Å²) in [6.45, 7) is 4.18. The quantitative estimate of drug-likeness (QED) is 0.402. The van der Waals surface area contributed by atoms with E-state index in [0.29, 0.717) is 0 Å². The van der Waals surface area contributed by atoms with Gasteiger partial charge in [-0.25, -0.2) is 0 Å². The molecule has 3 nitrogen and oxygen atoms in total. The summed E-state index contributed by atoms with van der Waals surface area (Å²) < 4.78 is 4.54. The van der Waals surface area contributed by atoms with E-state index in [0.717, 1.165) is 12.8 Å². The first-order valence-electron chi connectivity index (χ1n) is 4.25. The number of esters is 2. The summed E-state index contributed by atoms with van der Waals surface area (Å²) in [5, 5.41) is 0. The lowest BCUT2D eigenvalue weighted by Crippen LogP contribution is -2.12. The third-order valence-electron chi connectivity index (χ3n) is 2.84. The van der Waals surface area contributed by atoms with Crippen molar-refractivity contribution >= 4 is 11.9 Å². The van der Waals surface area contributed by atoms with Crippen molar-refractivity contribution in [1.82, 2.24) is 0 Å². The summed E-state index contributed by atoms with van der Waals surface area (Å²) in [5.41, 5.74) is 0.129. The van der Waals surface area contributed by atoms with Gasteiger partial charge in [0.1, 0.15) is 0 Å². The van der Waals surface area contributed by atoms with E-state index < -0.39 is 0 Å². The van der Waals surface area contributed by atoms with Crippen LogP contribution in [0, 0.1) is 17.3 Å². The zero-order valence-corrected chi connectivity index (χ0v) is 7.29. The van der Waals surface area contributed by atoms with Crippen LogP contribution in [-0.4, -0.2) is 11.9 Å². The normalized spacial score (nSPS) is 38.2. The second-order valence-electron chi connectivity index (χ2n) is 4.53. The zero-order chi connectivity index (χ0) is 8.93. The van der Waals surface area contributed by atoms with E-state index >= 15 is 0 Å². The Bertz CT molecular complexity index is 230. The van der Waals surface area contributed by atoms with Gasteiger partial charge in [0.05, 0.1) is 11.8 Å². The molecule has 0 spiro atoms. The Labute approximate surface area is 71.1 Å². The molecule has 1 saturated heterocycles. The molecule has 0 aromatic heterocycles. The van der Waals surface area contributed by atoms with Crippen LogP contribution < -0.4 is 0 Å². The monoisotopic (exact) mass is 168 g/mol. The standard InChI is InChI=1S/C9H12O3/c1-9(2)3-5-6(4-9)8(11)12-7(5)10/h5-6H,3-4H2,1-2H3/t5-,6+. The zero-order valence-electron chi connectivity index (χ0n) is 7.29. The van der Waals surface area contributed by atoms with Gasteiger partial charge in [-0.2, -0.15) is 0 Å². The molecule has 66 valence electrons. The molecule has 1 saturated carbocycles. The minimum absolute atomic E-state index is 0.129. The van der Waals surface area contributed by atoms with E-state index in [1.165, 1.54) is 0 Å². The maximum Gasteiger partial charge on any atom is 0.317 e. The van der Waals surface area contributed by atoms with Gasteiger partial charge in [-0.05, 0) is 18.3 Å². The van der Waals surface area contributed by atoms with Crippen LogP contribution in [-0.2, 0) is 14.3 Å². The van der Waals surface area contributed by atoms with Gasteiger partial charge in [-0.1, -0.05) is 13.8 Å². The number of hydrogen-bond donors (Lipinski definition) is 0. The van der Waals surface area contributed by atoms with Crippen molar-refractivity contribution in [2.75, 3.05) is 0 Å². The molecular weight excluding hydrogens is 156 g/mol. The van der Waals surface area contributed by atoms with Crippen molar-refractivity contribution in [3.05, 3.63) is 0 Å². The van der Waals surface area contributed by atoms with E-state index in [1.807, 2.05) is 0 Å². The van der Waals surface area contributed by atoms with Gasteiger partial charge in [0.15, 0.2) is 0 Å². The van der Waals surface area contributed by atoms with Gasteiger partial charge in [-0.3, -0.25) is 9.59 Å². The highest BCUT2D eigenvalue weighted by atomic mass is 16.6. The highest BCUT2D eigenvalue weighted by molar-refractivity contribution is 5.97. The Kier molecular flexibility index (Phi) is 1.35. The summed E-state index contributed by atoms with van der Waals surface area (Å²) in [5.74, 6) is -0.911. The molecule has 0 aromatic carbocycles. The number of fused-ring (bicyclic) bond motifs is 1. The molecule has 2 atom stereocenters. The minimum Gasteiger partial charge on any atom is -0.393 e. The maximum absolute atomic E-state index is 11.1. The number of ether oxygens (including phenoxy) is 1. The number of rotatable bonds is 0. The summed E-state index contributed by atoms with van der Waals surface area (Å²) in [7, 11) is 0. The Hall–Kier alpha value is -0.860. The van der Waals surface area contributed by atoms with Crippen molar-refractivity contribution in [2.45, 2.75) is 26.7 Å². The molecule has 0 N–H and O–H groups in total. The largest absolute Gasteiger partial charge is 0.393 e. The summed E-state index contributed by atoms with van der Waals surface area (Å²) in [4.78, 5) is 22.2. The highest BCUT2D eigenvalue weighted by Gasteiger charge is 2.53. The fourth-order valence-corrected chi connectivity index (χ4v) is 2.30. The van der Waals surface area contributed by atoms with E-state index in [-0.39, 0.29) is 29.2 Å². The third-order valence-corrected chi connectivity index (χ3v) is 2.84. The molecule has 1 heterocycles. The van der Waals surface area contributed by atoms with Gasteiger partial charge in [0.2, 0.25) is 0 Å². The van der Waals surface area contributed by atoms with Crippen molar-refractivity contribution in [1.29, 1.82) is 0 Å². The predicted octanol–water partition coefficient (Wildman–Crippen LogP) is 1.12. The molecule has 2 fully saturated rings. The molecule has 2 aliphatic rings. The molecule has 0 radical (unpaired) electrons. The average molecular weight is 168 g/mol. The van der Waals surface area contributed by atoms with Crippen LogP contribution in [0.4, 0.5) is 0 Å². The maximum atomic E-state index is 11.1. The topological polar surface area (TPSA) is 43.4 Å².